The molecule has 0 aliphatic rings. The molecule has 5 unspecified atom stereocenters. The third-order valence-electron chi connectivity index (χ3n) is 4.78. The minimum absolute atomic E-state index is 0.241. The summed E-state index contributed by atoms with van der Waals surface area (Å²) >= 11 is 1.55. The van der Waals surface area contributed by atoms with E-state index in [1.54, 1.807) is 18.7 Å². The van der Waals surface area contributed by atoms with E-state index in [0.29, 0.717) is 18.6 Å². The Morgan fingerprint density at radius 2 is 1.55 bits per heavy atom. The van der Waals surface area contributed by atoms with Crippen LogP contribution in [0.25, 0.3) is 0 Å². The number of nitrogens with two attached hydrogens (primary N) is 1. The first-order valence-corrected chi connectivity index (χ1v) is 11.4. The van der Waals surface area contributed by atoms with Crippen molar-refractivity contribution in [2.24, 2.45) is 11.7 Å². The fraction of sp³-hybridized carbons (Fsp3) is 0.737. The highest BCUT2D eigenvalue weighted by Crippen LogP contribution is 2.10. The van der Waals surface area contributed by atoms with Crippen LogP contribution in [0.15, 0.2) is 0 Å². The van der Waals surface area contributed by atoms with Crippen LogP contribution in [0.1, 0.15) is 46.5 Å². The number of thioether (sulfide) groups is 1. The summed E-state index contributed by atoms with van der Waals surface area (Å²) in [6.07, 6.45) is 2.19. The molecule has 5 atom stereocenters. The van der Waals surface area contributed by atoms with Crippen molar-refractivity contribution in [2.45, 2.75) is 70.6 Å². The number of carbonyl (C=O) groups is 5. The summed E-state index contributed by atoms with van der Waals surface area (Å²) in [5.74, 6) is -3.96. The van der Waals surface area contributed by atoms with E-state index in [1.165, 1.54) is 6.92 Å². The summed E-state index contributed by atoms with van der Waals surface area (Å²) in [5, 5.41) is 25.2. The quantitative estimate of drug-likeness (QED) is 0.187. The standard InChI is InChI=1S/C19H34N4O7S/c1-5-10(2)15(23-17(27)12(20)8-9-31-4)18(28)21-11(3)16(26)22-13(19(29)30)6-7-14(24)25/h10-13,15H,5-9,20H2,1-4H3,(H,21,28)(H,22,26)(H,23,27)(H,24,25)(H,29,30). The molecular weight excluding hydrogens is 428 g/mol. The lowest BCUT2D eigenvalue weighted by molar-refractivity contribution is -0.143. The van der Waals surface area contributed by atoms with Crippen molar-refractivity contribution in [1.29, 1.82) is 0 Å². The molecular formula is C19H34N4O7S. The van der Waals surface area contributed by atoms with Gasteiger partial charge < -0.3 is 31.9 Å². The molecule has 178 valence electrons. The summed E-state index contributed by atoms with van der Waals surface area (Å²) in [7, 11) is 0. The molecule has 31 heavy (non-hydrogen) atoms. The smallest absolute Gasteiger partial charge is 0.326 e. The van der Waals surface area contributed by atoms with E-state index < -0.39 is 60.2 Å². The highest BCUT2D eigenvalue weighted by atomic mass is 32.2. The zero-order chi connectivity index (χ0) is 24.1. The molecule has 0 radical (unpaired) electrons. The Balaban J connectivity index is 5.06. The number of carbonyl (C=O) groups excluding carboxylic acids is 3. The van der Waals surface area contributed by atoms with E-state index in [9.17, 15) is 24.0 Å². The maximum atomic E-state index is 12.7. The third kappa shape index (κ3) is 11.0. The van der Waals surface area contributed by atoms with Gasteiger partial charge in [0.05, 0.1) is 6.04 Å². The second kappa shape index (κ2) is 14.6. The van der Waals surface area contributed by atoms with Gasteiger partial charge in [0.1, 0.15) is 18.1 Å². The van der Waals surface area contributed by atoms with E-state index in [4.69, 9.17) is 15.9 Å². The van der Waals surface area contributed by atoms with Crippen molar-refractivity contribution < 1.29 is 34.2 Å². The topological polar surface area (TPSA) is 188 Å². The van der Waals surface area contributed by atoms with Gasteiger partial charge in [0.25, 0.3) is 0 Å². The summed E-state index contributed by atoms with van der Waals surface area (Å²) in [5.41, 5.74) is 5.86. The lowest BCUT2D eigenvalue weighted by Gasteiger charge is -2.26. The predicted octanol–water partition coefficient (Wildman–Crippen LogP) is -0.463. The van der Waals surface area contributed by atoms with Crippen LogP contribution in [0, 0.1) is 5.92 Å². The van der Waals surface area contributed by atoms with E-state index in [1.807, 2.05) is 13.2 Å². The highest BCUT2D eigenvalue weighted by molar-refractivity contribution is 7.98. The molecule has 0 fully saturated rings. The fourth-order valence-electron chi connectivity index (χ4n) is 2.53. The molecule has 0 saturated heterocycles. The molecule has 0 aromatic heterocycles. The summed E-state index contributed by atoms with van der Waals surface area (Å²) in [4.78, 5) is 59.2. The zero-order valence-electron chi connectivity index (χ0n) is 18.3. The minimum Gasteiger partial charge on any atom is -0.481 e. The largest absolute Gasteiger partial charge is 0.481 e. The second-order valence-corrected chi connectivity index (χ2v) is 8.31. The van der Waals surface area contributed by atoms with Crippen molar-refractivity contribution in [3.8, 4) is 0 Å². The molecule has 12 heteroatoms. The molecule has 0 aliphatic carbocycles. The zero-order valence-corrected chi connectivity index (χ0v) is 19.2. The molecule has 0 aromatic carbocycles. The van der Waals surface area contributed by atoms with Gasteiger partial charge in [-0.1, -0.05) is 20.3 Å². The number of nitrogens with one attached hydrogen (secondary N) is 3. The van der Waals surface area contributed by atoms with E-state index in [0.717, 1.165) is 0 Å². The SMILES string of the molecule is CCC(C)C(NC(=O)C(N)CCSC)C(=O)NC(C)C(=O)NC(CCC(=O)O)C(=O)O. The van der Waals surface area contributed by atoms with Gasteiger partial charge >= 0.3 is 11.9 Å². The molecule has 0 bridgehead atoms. The molecule has 0 aliphatic heterocycles. The average molecular weight is 463 g/mol. The van der Waals surface area contributed by atoms with E-state index in [-0.39, 0.29) is 12.3 Å². The number of carboxylic acids is 2. The Labute approximate surface area is 186 Å². The van der Waals surface area contributed by atoms with Crippen molar-refractivity contribution in [1.82, 2.24) is 16.0 Å². The van der Waals surface area contributed by atoms with Crippen molar-refractivity contribution in [2.75, 3.05) is 12.0 Å². The minimum atomic E-state index is -1.40. The van der Waals surface area contributed by atoms with Crippen LogP contribution in [0.2, 0.25) is 0 Å². The maximum absolute atomic E-state index is 12.7. The number of rotatable bonds is 15. The summed E-state index contributed by atoms with van der Waals surface area (Å²) in [6.45, 7) is 4.99. The van der Waals surface area contributed by atoms with Gasteiger partial charge in [-0.2, -0.15) is 11.8 Å². The Morgan fingerprint density at radius 3 is 2.03 bits per heavy atom. The number of hydrogen-bond acceptors (Lipinski definition) is 7. The van der Waals surface area contributed by atoms with Gasteiger partial charge in [0, 0.05) is 6.42 Å². The van der Waals surface area contributed by atoms with Gasteiger partial charge in [-0.25, -0.2) is 4.79 Å². The highest BCUT2D eigenvalue weighted by Gasteiger charge is 2.30. The van der Waals surface area contributed by atoms with Crippen LogP contribution in [0.3, 0.4) is 0 Å². The number of hydrogen-bond donors (Lipinski definition) is 6. The molecule has 11 nitrogen and oxygen atoms in total. The van der Waals surface area contributed by atoms with Gasteiger partial charge in [-0.05, 0) is 37.7 Å². The molecule has 0 spiro atoms. The van der Waals surface area contributed by atoms with Crippen LogP contribution >= 0.6 is 11.8 Å². The molecule has 3 amide bonds. The first kappa shape index (κ1) is 28.7. The van der Waals surface area contributed by atoms with E-state index in [2.05, 4.69) is 16.0 Å². The number of carboxylic acid groups (broad SMARTS) is 2. The molecule has 7 N–H and O–H groups in total. The summed E-state index contributed by atoms with van der Waals surface area (Å²) < 4.78 is 0. The fourth-order valence-corrected chi connectivity index (χ4v) is 3.02. The normalized spacial score (nSPS) is 15.6. The second-order valence-electron chi connectivity index (χ2n) is 7.32. The van der Waals surface area contributed by atoms with Crippen LogP contribution in [0.5, 0.6) is 0 Å². The van der Waals surface area contributed by atoms with Crippen LogP contribution in [0.4, 0.5) is 0 Å². The predicted molar refractivity (Wildman–Crippen MR) is 116 cm³/mol. The van der Waals surface area contributed by atoms with Crippen molar-refractivity contribution in [3.63, 3.8) is 0 Å². The maximum Gasteiger partial charge on any atom is 0.326 e. The Hall–Kier alpha value is -2.34. The Kier molecular flexibility index (Phi) is 13.5. The number of amides is 3. The van der Waals surface area contributed by atoms with E-state index >= 15 is 0 Å². The van der Waals surface area contributed by atoms with Crippen LogP contribution in [-0.2, 0) is 24.0 Å². The van der Waals surface area contributed by atoms with Crippen LogP contribution in [-0.4, -0.2) is 76.0 Å². The van der Waals surface area contributed by atoms with Crippen molar-refractivity contribution >= 4 is 41.4 Å². The van der Waals surface area contributed by atoms with Gasteiger partial charge in [0.15, 0.2) is 0 Å². The molecule has 0 saturated carbocycles. The lowest BCUT2D eigenvalue weighted by Crippen LogP contribution is -2.58. The monoisotopic (exact) mass is 462 g/mol. The molecule has 0 rings (SSSR count). The third-order valence-corrected chi connectivity index (χ3v) is 5.42. The van der Waals surface area contributed by atoms with Gasteiger partial charge in [-0.15, -0.1) is 0 Å². The van der Waals surface area contributed by atoms with Crippen molar-refractivity contribution in [3.05, 3.63) is 0 Å². The van der Waals surface area contributed by atoms with Gasteiger partial charge in [0.2, 0.25) is 17.7 Å². The molecule has 0 heterocycles. The summed E-state index contributed by atoms with van der Waals surface area (Å²) in [6, 6.07) is -4.19. The Morgan fingerprint density at radius 1 is 0.935 bits per heavy atom. The van der Waals surface area contributed by atoms with Crippen LogP contribution < -0.4 is 21.7 Å². The average Bonchev–Trinajstić information content (AvgIpc) is 2.71. The number of aliphatic carboxylic acids is 2. The Bertz CT molecular complexity index is 647. The first-order valence-electron chi connectivity index (χ1n) is 10.0. The first-order chi connectivity index (χ1) is 14.4. The molecule has 0 aromatic rings. The lowest BCUT2D eigenvalue weighted by atomic mass is 9.97. The van der Waals surface area contributed by atoms with Gasteiger partial charge in [-0.3, -0.25) is 19.2 Å².